The van der Waals surface area contributed by atoms with Crippen molar-refractivity contribution < 1.29 is 19.1 Å². The molecule has 0 saturated heterocycles. The Kier molecular flexibility index (Phi) is 16.3. The average Bonchev–Trinajstić information content (AvgIpc) is 2.80. The number of benzene rings is 1. The molecule has 0 bridgehead atoms. The molecule has 0 aromatic heterocycles. The second kappa shape index (κ2) is 18.5. The van der Waals surface area contributed by atoms with Crippen LogP contribution in [0.1, 0.15) is 118 Å². The van der Waals surface area contributed by atoms with Crippen molar-refractivity contribution in [3.63, 3.8) is 0 Å². The van der Waals surface area contributed by atoms with Crippen molar-refractivity contribution in [2.45, 2.75) is 109 Å². The largest absolute Gasteiger partial charge is 0.443 e. The highest BCUT2D eigenvalue weighted by atomic mass is 16.6. The maximum atomic E-state index is 12.6. The molecule has 0 fully saturated rings. The van der Waals surface area contributed by atoms with Gasteiger partial charge in [0.2, 0.25) is 0 Å². The monoisotopic (exact) mass is 463 g/mol. The molecule has 188 valence electrons. The Labute approximate surface area is 199 Å². The summed E-state index contributed by atoms with van der Waals surface area (Å²) in [6.45, 7) is 2.88. The van der Waals surface area contributed by atoms with E-state index in [9.17, 15) is 9.59 Å². The van der Waals surface area contributed by atoms with Gasteiger partial charge in [0.15, 0.2) is 12.5 Å². The molecule has 1 aromatic carbocycles. The second-order valence-electron chi connectivity index (χ2n) is 8.69. The topological polar surface area (TPSA) is 131 Å². The van der Waals surface area contributed by atoms with E-state index in [1.54, 1.807) is 24.3 Å². The van der Waals surface area contributed by atoms with Crippen LogP contribution in [0.2, 0.25) is 0 Å². The fourth-order valence-electron chi connectivity index (χ4n) is 3.68. The average molecular weight is 464 g/mol. The van der Waals surface area contributed by atoms with Gasteiger partial charge in [0.05, 0.1) is 11.1 Å². The molecule has 0 aliphatic rings. The number of carbonyl (C=O) groups excluding carboxylic acids is 2. The van der Waals surface area contributed by atoms with Crippen LogP contribution in [0.15, 0.2) is 24.3 Å². The zero-order valence-electron chi connectivity index (χ0n) is 20.4. The van der Waals surface area contributed by atoms with Gasteiger partial charge in [-0.1, -0.05) is 76.8 Å². The summed E-state index contributed by atoms with van der Waals surface area (Å²) in [6, 6.07) is 6.44. The smallest absolute Gasteiger partial charge is 0.340 e. The van der Waals surface area contributed by atoms with Gasteiger partial charge in [0, 0.05) is 0 Å². The molecule has 7 nitrogen and oxygen atoms in total. The van der Waals surface area contributed by atoms with Gasteiger partial charge in [-0.05, 0) is 50.8 Å². The minimum Gasteiger partial charge on any atom is -0.443 e. The zero-order valence-corrected chi connectivity index (χ0v) is 20.4. The molecule has 6 N–H and O–H groups in total. The lowest BCUT2D eigenvalue weighted by molar-refractivity contribution is 0.0242. The number of nitrogens with two attached hydrogens (primary N) is 3. The molecule has 0 radical (unpaired) electrons. The first-order chi connectivity index (χ1) is 16.0. The highest BCUT2D eigenvalue weighted by Crippen LogP contribution is 2.16. The first kappa shape index (κ1) is 29.1. The van der Waals surface area contributed by atoms with Crippen molar-refractivity contribution >= 4 is 11.9 Å². The summed E-state index contributed by atoms with van der Waals surface area (Å²) in [5.74, 6) is -1.24. The van der Waals surface area contributed by atoms with Gasteiger partial charge >= 0.3 is 11.9 Å². The fraction of sp³-hybridized carbons (Fsp3) is 0.692. The minimum absolute atomic E-state index is 0.145. The maximum Gasteiger partial charge on any atom is 0.340 e. The summed E-state index contributed by atoms with van der Waals surface area (Å²) >= 11 is 0. The number of esters is 2. The highest BCUT2D eigenvalue weighted by molar-refractivity contribution is 6.03. The number of hydrogen-bond donors (Lipinski definition) is 3. The van der Waals surface area contributed by atoms with Gasteiger partial charge < -0.3 is 15.2 Å². The van der Waals surface area contributed by atoms with Crippen LogP contribution < -0.4 is 17.2 Å². The summed E-state index contributed by atoms with van der Waals surface area (Å²) in [5, 5.41) is 0. The lowest BCUT2D eigenvalue weighted by atomic mass is 10.1. The van der Waals surface area contributed by atoms with Crippen LogP contribution in [0.25, 0.3) is 0 Å². The summed E-state index contributed by atoms with van der Waals surface area (Å²) in [5.41, 5.74) is 17.7. The first-order valence-corrected chi connectivity index (χ1v) is 12.7. The summed E-state index contributed by atoms with van der Waals surface area (Å²) < 4.78 is 10.7. The van der Waals surface area contributed by atoms with E-state index in [1.807, 2.05) is 0 Å². The molecular formula is C26H45N3O4. The lowest BCUT2D eigenvalue weighted by Crippen LogP contribution is -2.30. The molecular weight excluding hydrogens is 418 g/mol. The molecule has 0 aliphatic carbocycles. The molecule has 0 spiro atoms. The van der Waals surface area contributed by atoms with Gasteiger partial charge in [-0.25, -0.2) is 9.59 Å². The Hall–Kier alpha value is -1.96. The highest BCUT2D eigenvalue weighted by Gasteiger charge is 2.22. The number of unbranched alkanes of at least 4 members (excludes halogenated alkanes) is 10. The minimum atomic E-state index is -0.700. The van der Waals surface area contributed by atoms with Crippen LogP contribution >= 0.6 is 0 Å². The number of carbonyl (C=O) groups is 2. The van der Waals surface area contributed by atoms with Crippen LogP contribution in [0.5, 0.6) is 0 Å². The van der Waals surface area contributed by atoms with Crippen molar-refractivity contribution in [2.75, 3.05) is 6.54 Å². The summed E-state index contributed by atoms with van der Waals surface area (Å²) in [6.07, 6.45) is 13.2. The Morgan fingerprint density at radius 3 is 1.52 bits per heavy atom. The van der Waals surface area contributed by atoms with Crippen LogP contribution in [-0.2, 0) is 9.47 Å². The van der Waals surface area contributed by atoms with Crippen LogP contribution in [0.4, 0.5) is 0 Å². The SMILES string of the molecule is CCCCCC(N)OC(=O)c1ccccc1C(=O)OC(N)CCCCCCCCCCCN. The van der Waals surface area contributed by atoms with E-state index in [-0.39, 0.29) is 11.1 Å². The fourth-order valence-corrected chi connectivity index (χ4v) is 3.68. The van der Waals surface area contributed by atoms with Crippen molar-refractivity contribution in [1.82, 2.24) is 0 Å². The van der Waals surface area contributed by atoms with Crippen molar-refractivity contribution in [3.05, 3.63) is 35.4 Å². The Balaban J connectivity index is 2.36. The predicted octanol–water partition coefficient (Wildman–Crippen LogP) is 5.01. The molecule has 0 aliphatic heterocycles. The molecule has 7 heteroatoms. The Morgan fingerprint density at radius 2 is 1.09 bits per heavy atom. The van der Waals surface area contributed by atoms with E-state index in [0.29, 0.717) is 12.8 Å². The second-order valence-corrected chi connectivity index (χ2v) is 8.69. The zero-order chi connectivity index (χ0) is 24.3. The maximum absolute atomic E-state index is 12.6. The standard InChI is InChI=1S/C26H45N3O4/c1-2-3-11-18-23(28)32-25(30)21-16-13-14-17-22(21)26(31)33-24(29)19-12-9-7-5-4-6-8-10-15-20-27/h13-14,16-17,23-24H,2-12,15,18-20,27-29H2,1H3. The van der Waals surface area contributed by atoms with E-state index < -0.39 is 24.4 Å². The number of hydrogen-bond acceptors (Lipinski definition) is 7. The van der Waals surface area contributed by atoms with Crippen molar-refractivity contribution in [1.29, 1.82) is 0 Å². The van der Waals surface area contributed by atoms with Crippen LogP contribution in [0.3, 0.4) is 0 Å². The van der Waals surface area contributed by atoms with Crippen molar-refractivity contribution in [3.8, 4) is 0 Å². The number of ether oxygens (including phenoxy) is 2. The molecule has 0 heterocycles. The van der Waals surface area contributed by atoms with Crippen LogP contribution in [-0.4, -0.2) is 30.9 Å². The van der Waals surface area contributed by atoms with E-state index in [0.717, 1.165) is 51.5 Å². The van der Waals surface area contributed by atoms with Crippen LogP contribution in [0, 0.1) is 0 Å². The molecule has 2 unspecified atom stereocenters. The molecule has 33 heavy (non-hydrogen) atoms. The van der Waals surface area contributed by atoms with E-state index in [1.165, 1.54) is 32.1 Å². The molecule has 1 aromatic rings. The van der Waals surface area contributed by atoms with Gasteiger partial charge in [0.25, 0.3) is 0 Å². The Morgan fingerprint density at radius 1 is 0.697 bits per heavy atom. The van der Waals surface area contributed by atoms with Gasteiger partial charge in [0.1, 0.15) is 0 Å². The molecule has 0 saturated carbocycles. The third kappa shape index (κ3) is 13.4. The normalized spacial score (nSPS) is 12.8. The first-order valence-electron chi connectivity index (χ1n) is 12.7. The molecule has 2 atom stereocenters. The Bertz CT molecular complexity index is 669. The van der Waals surface area contributed by atoms with Gasteiger partial charge in [-0.3, -0.25) is 11.5 Å². The lowest BCUT2D eigenvalue weighted by Gasteiger charge is -2.16. The quantitative estimate of drug-likeness (QED) is 0.149. The van der Waals surface area contributed by atoms with E-state index in [4.69, 9.17) is 26.7 Å². The molecule has 0 amide bonds. The number of rotatable bonds is 19. The van der Waals surface area contributed by atoms with Gasteiger partial charge in [-0.15, -0.1) is 0 Å². The third-order valence-electron chi connectivity index (χ3n) is 5.67. The van der Waals surface area contributed by atoms with E-state index in [2.05, 4.69) is 6.92 Å². The molecule has 1 rings (SSSR count). The van der Waals surface area contributed by atoms with Gasteiger partial charge in [-0.2, -0.15) is 0 Å². The van der Waals surface area contributed by atoms with E-state index >= 15 is 0 Å². The summed E-state index contributed by atoms with van der Waals surface area (Å²) in [4.78, 5) is 25.1. The third-order valence-corrected chi connectivity index (χ3v) is 5.67. The predicted molar refractivity (Wildman–Crippen MR) is 133 cm³/mol. The van der Waals surface area contributed by atoms with Crippen molar-refractivity contribution in [2.24, 2.45) is 17.2 Å². The summed E-state index contributed by atoms with van der Waals surface area (Å²) in [7, 11) is 0.